The molecule has 0 unspecified atom stereocenters. The van der Waals surface area contributed by atoms with Crippen molar-refractivity contribution in [2.24, 2.45) is 0 Å². The van der Waals surface area contributed by atoms with Crippen molar-refractivity contribution in [3.8, 4) is 5.75 Å². The van der Waals surface area contributed by atoms with Gasteiger partial charge in [-0.05, 0) is 49.8 Å². The highest BCUT2D eigenvalue weighted by Gasteiger charge is 2.21. The summed E-state index contributed by atoms with van der Waals surface area (Å²) in [5.41, 5.74) is 1.99. The average molecular weight is 279 g/mol. The molecule has 0 aromatic heterocycles. The predicted molar refractivity (Wildman–Crippen MR) is 71.9 cm³/mol. The number of ether oxygens (including phenoxy) is 2. The lowest BCUT2D eigenvalue weighted by Crippen LogP contribution is -2.15. The van der Waals surface area contributed by atoms with Gasteiger partial charge in [-0.15, -0.1) is 0 Å². The summed E-state index contributed by atoms with van der Waals surface area (Å²) in [6.07, 6.45) is 3.87. The third kappa shape index (κ3) is 3.26. The monoisotopic (exact) mass is 279 g/mol. The summed E-state index contributed by atoms with van der Waals surface area (Å²) >= 11 is 0. The van der Waals surface area contributed by atoms with Crippen molar-refractivity contribution in [3.05, 3.63) is 33.4 Å². The van der Waals surface area contributed by atoms with Crippen LogP contribution >= 0.6 is 0 Å². The molecule has 1 aliphatic rings. The Hall–Kier alpha value is -2.11. The van der Waals surface area contributed by atoms with Gasteiger partial charge in [-0.2, -0.15) is 0 Å². The van der Waals surface area contributed by atoms with Gasteiger partial charge in [0.2, 0.25) is 0 Å². The summed E-state index contributed by atoms with van der Waals surface area (Å²) in [5, 5.41) is 11.1. The molecule has 108 valence electrons. The number of esters is 1. The van der Waals surface area contributed by atoms with E-state index in [1.165, 1.54) is 0 Å². The molecular formula is C14H17NO5. The molecule has 6 nitrogen and oxygen atoms in total. The first-order valence-corrected chi connectivity index (χ1v) is 6.70. The van der Waals surface area contributed by atoms with Crippen molar-refractivity contribution < 1.29 is 19.2 Å². The fourth-order valence-corrected chi connectivity index (χ4v) is 2.35. The van der Waals surface area contributed by atoms with Crippen LogP contribution in [0.4, 0.5) is 5.69 Å². The number of benzene rings is 1. The number of carbonyl (C=O) groups is 1. The van der Waals surface area contributed by atoms with E-state index in [0.29, 0.717) is 0 Å². The number of nitro benzene ring substituents is 1. The minimum Gasteiger partial charge on any atom is -0.475 e. The number of fused-ring (bicyclic) bond motifs is 1. The smallest absolute Gasteiger partial charge is 0.344 e. The van der Waals surface area contributed by atoms with E-state index in [0.717, 1.165) is 36.8 Å². The van der Waals surface area contributed by atoms with E-state index in [4.69, 9.17) is 9.47 Å². The summed E-state index contributed by atoms with van der Waals surface area (Å²) in [4.78, 5) is 21.9. The van der Waals surface area contributed by atoms with Gasteiger partial charge < -0.3 is 9.47 Å². The second-order valence-electron chi connectivity index (χ2n) is 4.65. The summed E-state index contributed by atoms with van der Waals surface area (Å²) in [7, 11) is 0. The van der Waals surface area contributed by atoms with E-state index in [-0.39, 0.29) is 24.7 Å². The van der Waals surface area contributed by atoms with Crippen molar-refractivity contribution in [1.82, 2.24) is 0 Å². The molecule has 1 aromatic rings. The lowest BCUT2D eigenvalue weighted by Gasteiger charge is -2.16. The van der Waals surface area contributed by atoms with Crippen LogP contribution in [0.5, 0.6) is 5.75 Å². The first-order valence-electron chi connectivity index (χ1n) is 6.70. The van der Waals surface area contributed by atoms with E-state index in [1.807, 2.05) is 0 Å². The van der Waals surface area contributed by atoms with Crippen molar-refractivity contribution in [3.63, 3.8) is 0 Å². The SMILES string of the molecule is CCOC(=O)COc1cc2c(cc1[N+](=O)[O-])CCCC2. The van der Waals surface area contributed by atoms with Crippen LogP contribution in [0.15, 0.2) is 12.1 Å². The standard InChI is InChI=1S/C14H17NO5/c1-2-19-14(16)9-20-13-8-11-6-4-3-5-10(11)7-12(13)15(17)18/h7-8H,2-6,9H2,1H3. The Labute approximate surface area is 116 Å². The molecule has 20 heavy (non-hydrogen) atoms. The van der Waals surface area contributed by atoms with E-state index in [9.17, 15) is 14.9 Å². The molecule has 0 atom stereocenters. The van der Waals surface area contributed by atoms with Crippen LogP contribution in [0.25, 0.3) is 0 Å². The molecule has 0 heterocycles. The average Bonchev–Trinajstić information content (AvgIpc) is 2.44. The molecule has 0 saturated heterocycles. The van der Waals surface area contributed by atoms with E-state index in [1.54, 1.807) is 19.1 Å². The maximum absolute atomic E-state index is 11.3. The zero-order chi connectivity index (χ0) is 14.5. The zero-order valence-electron chi connectivity index (χ0n) is 11.4. The second kappa shape index (κ2) is 6.36. The van der Waals surface area contributed by atoms with Gasteiger partial charge in [-0.25, -0.2) is 4.79 Å². The third-order valence-corrected chi connectivity index (χ3v) is 3.27. The Kier molecular flexibility index (Phi) is 4.55. The van der Waals surface area contributed by atoms with Gasteiger partial charge in [0.25, 0.3) is 0 Å². The quantitative estimate of drug-likeness (QED) is 0.470. The summed E-state index contributed by atoms with van der Waals surface area (Å²) in [6, 6.07) is 3.25. The van der Waals surface area contributed by atoms with Crippen molar-refractivity contribution in [2.45, 2.75) is 32.6 Å². The Morgan fingerprint density at radius 2 is 1.95 bits per heavy atom. The van der Waals surface area contributed by atoms with Crippen molar-refractivity contribution >= 4 is 11.7 Å². The van der Waals surface area contributed by atoms with Crippen LogP contribution in [-0.4, -0.2) is 24.1 Å². The molecule has 0 radical (unpaired) electrons. The normalized spacial score (nSPS) is 13.4. The maximum atomic E-state index is 11.3. The molecule has 0 aliphatic heterocycles. The minimum atomic E-state index is -0.528. The van der Waals surface area contributed by atoms with Crippen LogP contribution in [0.1, 0.15) is 30.9 Å². The summed E-state index contributed by atoms with van der Waals surface area (Å²) < 4.78 is 10.0. The molecule has 2 rings (SSSR count). The number of hydrogen-bond acceptors (Lipinski definition) is 5. The highest BCUT2D eigenvalue weighted by atomic mass is 16.6. The van der Waals surface area contributed by atoms with Gasteiger partial charge in [0.1, 0.15) is 0 Å². The van der Waals surface area contributed by atoms with E-state index in [2.05, 4.69) is 0 Å². The lowest BCUT2D eigenvalue weighted by molar-refractivity contribution is -0.385. The fourth-order valence-electron chi connectivity index (χ4n) is 2.35. The number of aryl methyl sites for hydroxylation is 2. The Morgan fingerprint density at radius 3 is 2.55 bits per heavy atom. The Morgan fingerprint density at radius 1 is 1.30 bits per heavy atom. The first kappa shape index (κ1) is 14.3. The third-order valence-electron chi connectivity index (χ3n) is 3.27. The van der Waals surface area contributed by atoms with E-state index < -0.39 is 10.9 Å². The highest BCUT2D eigenvalue weighted by molar-refractivity contribution is 5.71. The van der Waals surface area contributed by atoms with Crippen LogP contribution in [0.3, 0.4) is 0 Å². The molecule has 0 spiro atoms. The van der Waals surface area contributed by atoms with E-state index >= 15 is 0 Å². The topological polar surface area (TPSA) is 78.7 Å². The first-order chi connectivity index (χ1) is 9.61. The summed E-state index contributed by atoms with van der Waals surface area (Å²) in [5.74, 6) is -0.386. The summed E-state index contributed by atoms with van der Waals surface area (Å²) in [6.45, 7) is 1.64. The van der Waals surface area contributed by atoms with Crippen LogP contribution in [-0.2, 0) is 22.4 Å². The highest BCUT2D eigenvalue weighted by Crippen LogP contribution is 2.34. The second-order valence-corrected chi connectivity index (χ2v) is 4.65. The Balaban J connectivity index is 2.21. The van der Waals surface area contributed by atoms with Gasteiger partial charge in [-0.3, -0.25) is 10.1 Å². The predicted octanol–water partition coefficient (Wildman–Crippen LogP) is 2.42. The molecule has 1 aliphatic carbocycles. The van der Waals surface area contributed by atoms with Crippen LogP contribution in [0, 0.1) is 10.1 Å². The molecule has 0 saturated carbocycles. The molecule has 0 N–H and O–H groups in total. The molecule has 1 aromatic carbocycles. The number of carbonyl (C=O) groups excluding carboxylic acids is 1. The number of nitrogens with zero attached hydrogens (tertiary/aromatic N) is 1. The van der Waals surface area contributed by atoms with Gasteiger partial charge in [0.15, 0.2) is 12.4 Å². The van der Waals surface area contributed by atoms with Gasteiger partial charge >= 0.3 is 11.7 Å². The van der Waals surface area contributed by atoms with Crippen molar-refractivity contribution in [1.29, 1.82) is 0 Å². The molecule has 0 bridgehead atoms. The maximum Gasteiger partial charge on any atom is 0.344 e. The molecular weight excluding hydrogens is 262 g/mol. The van der Waals surface area contributed by atoms with Gasteiger partial charge in [0.05, 0.1) is 11.5 Å². The number of rotatable bonds is 5. The fraction of sp³-hybridized carbons (Fsp3) is 0.500. The van der Waals surface area contributed by atoms with Crippen molar-refractivity contribution in [2.75, 3.05) is 13.2 Å². The minimum absolute atomic E-state index is 0.0880. The number of hydrogen-bond donors (Lipinski definition) is 0. The zero-order valence-corrected chi connectivity index (χ0v) is 11.4. The number of nitro groups is 1. The van der Waals surface area contributed by atoms with Crippen LogP contribution < -0.4 is 4.74 Å². The Bertz CT molecular complexity index is 527. The lowest BCUT2D eigenvalue weighted by atomic mass is 9.91. The largest absolute Gasteiger partial charge is 0.475 e. The molecule has 0 amide bonds. The van der Waals surface area contributed by atoms with Crippen LogP contribution in [0.2, 0.25) is 0 Å². The van der Waals surface area contributed by atoms with Gasteiger partial charge in [-0.1, -0.05) is 0 Å². The van der Waals surface area contributed by atoms with Gasteiger partial charge in [0, 0.05) is 6.07 Å². The molecule has 6 heteroatoms. The molecule has 0 fully saturated rings.